The average molecular weight is 410 g/mol. The van der Waals surface area contributed by atoms with E-state index in [1.165, 1.54) is 11.0 Å². The molecule has 0 unspecified atom stereocenters. The molecular formula is C13H16FIN2O4. The van der Waals surface area contributed by atoms with Gasteiger partial charge in [0.2, 0.25) is 0 Å². The molecule has 0 atom stereocenters. The molecule has 1 rings (SSSR count). The summed E-state index contributed by atoms with van der Waals surface area (Å²) >= 11 is 1.69. The fourth-order valence-corrected chi connectivity index (χ4v) is 2.29. The van der Waals surface area contributed by atoms with Crippen molar-refractivity contribution < 1.29 is 18.8 Å². The molecule has 1 aromatic carbocycles. The zero-order valence-corrected chi connectivity index (χ0v) is 13.9. The van der Waals surface area contributed by atoms with Gasteiger partial charge in [0.15, 0.2) is 0 Å². The van der Waals surface area contributed by atoms with Crippen LogP contribution in [0.15, 0.2) is 12.1 Å². The number of hydrogen-bond acceptors (Lipinski definition) is 5. The summed E-state index contributed by atoms with van der Waals surface area (Å²) in [5.74, 6) is -1.06. The Hall–Kier alpha value is -1.45. The van der Waals surface area contributed by atoms with E-state index < -0.39 is 16.7 Å². The van der Waals surface area contributed by atoms with Crippen LogP contribution in [0.1, 0.15) is 20.3 Å². The number of nitro benzene ring substituents is 1. The van der Waals surface area contributed by atoms with Crippen LogP contribution >= 0.6 is 22.6 Å². The van der Waals surface area contributed by atoms with Crippen LogP contribution in [0.5, 0.6) is 0 Å². The lowest BCUT2D eigenvalue weighted by atomic mass is 10.2. The van der Waals surface area contributed by atoms with Crippen molar-refractivity contribution >= 4 is 39.9 Å². The van der Waals surface area contributed by atoms with Crippen molar-refractivity contribution in [1.82, 2.24) is 0 Å². The number of ether oxygens (including phenoxy) is 1. The Morgan fingerprint density at radius 1 is 1.48 bits per heavy atom. The van der Waals surface area contributed by atoms with Crippen molar-refractivity contribution in [2.24, 2.45) is 0 Å². The fourth-order valence-electron chi connectivity index (χ4n) is 1.84. The van der Waals surface area contributed by atoms with E-state index in [1.54, 1.807) is 29.5 Å². The Balaban J connectivity index is 3.20. The maximum absolute atomic E-state index is 13.7. The van der Waals surface area contributed by atoms with Gasteiger partial charge in [0, 0.05) is 18.7 Å². The second kappa shape index (κ2) is 8.11. The normalized spacial score (nSPS) is 10.3. The van der Waals surface area contributed by atoms with Gasteiger partial charge in [-0.05, 0) is 35.9 Å². The molecule has 0 heterocycles. The zero-order valence-electron chi connectivity index (χ0n) is 11.8. The Bertz CT molecular complexity index is 539. The van der Waals surface area contributed by atoms with Crippen LogP contribution < -0.4 is 4.90 Å². The molecule has 0 aliphatic heterocycles. The number of hydrogen-bond donors (Lipinski definition) is 0. The minimum Gasteiger partial charge on any atom is -0.465 e. The smallest absolute Gasteiger partial charge is 0.325 e. The van der Waals surface area contributed by atoms with Crippen LogP contribution in [0.3, 0.4) is 0 Å². The standard InChI is InChI=1S/C13H16FIN2O4/c1-3-5-16(8-13(18)21-4-2)11-6-9(14)10(15)7-12(11)17(19)20/h6-7H,3-5,8H2,1-2H3. The lowest BCUT2D eigenvalue weighted by molar-refractivity contribution is -0.384. The molecule has 0 fully saturated rings. The van der Waals surface area contributed by atoms with Crippen LogP contribution in [0, 0.1) is 19.5 Å². The Kier molecular flexibility index (Phi) is 6.79. The van der Waals surface area contributed by atoms with Crippen LogP contribution in [0.2, 0.25) is 0 Å². The number of halogens is 2. The average Bonchev–Trinajstić information content (AvgIpc) is 2.41. The molecule has 1 aromatic rings. The van der Waals surface area contributed by atoms with Gasteiger partial charge in [0.25, 0.3) is 5.69 Å². The number of rotatable bonds is 7. The fraction of sp³-hybridized carbons (Fsp3) is 0.462. The van der Waals surface area contributed by atoms with Gasteiger partial charge in [-0.3, -0.25) is 14.9 Å². The molecule has 0 radical (unpaired) electrons. The maximum atomic E-state index is 13.7. The zero-order chi connectivity index (χ0) is 16.0. The highest BCUT2D eigenvalue weighted by Crippen LogP contribution is 2.31. The van der Waals surface area contributed by atoms with Crippen LogP contribution in [-0.2, 0) is 9.53 Å². The third-order valence-electron chi connectivity index (χ3n) is 2.67. The van der Waals surface area contributed by atoms with Crippen LogP contribution in [0.25, 0.3) is 0 Å². The van der Waals surface area contributed by atoms with E-state index in [1.807, 2.05) is 6.92 Å². The number of nitro groups is 1. The molecule has 6 nitrogen and oxygen atoms in total. The molecule has 0 bridgehead atoms. The summed E-state index contributed by atoms with van der Waals surface area (Å²) in [5, 5.41) is 11.1. The van der Waals surface area contributed by atoms with Crippen LogP contribution in [0.4, 0.5) is 15.8 Å². The van der Waals surface area contributed by atoms with Gasteiger partial charge in [-0.15, -0.1) is 0 Å². The van der Waals surface area contributed by atoms with Crippen molar-refractivity contribution in [1.29, 1.82) is 0 Å². The summed E-state index contributed by atoms with van der Waals surface area (Å²) in [6.07, 6.45) is 0.657. The minimum atomic E-state index is -0.579. The summed E-state index contributed by atoms with van der Waals surface area (Å²) in [4.78, 5) is 23.6. The first-order valence-corrected chi connectivity index (χ1v) is 7.52. The molecule has 0 saturated carbocycles. The predicted octanol–water partition coefficient (Wildman–Crippen LogP) is 3.12. The molecule has 0 aliphatic carbocycles. The molecule has 0 spiro atoms. The summed E-state index contributed by atoms with van der Waals surface area (Å²) in [6.45, 7) is 4.01. The van der Waals surface area contributed by atoms with Gasteiger partial charge < -0.3 is 9.64 Å². The van der Waals surface area contributed by atoms with Crippen molar-refractivity contribution in [3.8, 4) is 0 Å². The number of nitrogens with zero attached hydrogens (tertiary/aromatic N) is 2. The highest BCUT2D eigenvalue weighted by molar-refractivity contribution is 14.1. The molecule has 8 heteroatoms. The number of carbonyl (C=O) groups is 1. The first-order valence-electron chi connectivity index (χ1n) is 6.44. The third-order valence-corrected chi connectivity index (χ3v) is 3.50. The SMILES string of the molecule is CCCN(CC(=O)OCC)c1cc(F)c(I)cc1[N+](=O)[O-]. The molecule has 0 N–H and O–H groups in total. The van der Waals surface area contributed by atoms with Crippen LogP contribution in [-0.4, -0.2) is 30.6 Å². The highest BCUT2D eigenvalue weighted by atomic mass is 127. The molecule has 0 amide bonds. The summed E-state index contributed by atoms with van der Waals surface area (Å²) in [7, 11) is 0. The number of anilines is 1. The first kappa shape index (κ1) is 17.6. The van der Waals surface area contributed by atoms with E-state index >= 15 is 0 Å². The van der Waals surface area contributed by atoms with Gasteiger partial charge in [-0.25, -0.2) is 4.39 Å². The molecule has 116 valence electrons. The highest BCUT2D eigenvalue weighted by Gasteiger charge is 2.23. The third kappa shape index (κ3) is 4.80. The second-order valence-corrected chi connectivity index (χ2v) is 5.40. The number of carbonyl (C=O) groups excluding carboxylic acids is 1. The number of esters is 1. The van der Waals surface area contributed by atoms with E-state index in [0.717, 1.165) is 6.07 Å². The molecule has 0 aliphatic rings. The minimum absolute atomic E-state index is 0.0906. The van der Waals surface area contributed by atoms with Crippen molar-refractivity contribution in [3.05, 3.63) is 31.6 Å². The largest absolute Gasteiger partial charge is 0.465 e. The summed E-state index contributed by atoms with van der Waals surface area (Å²) in [6, 6.07) is 2.26. The van der Waals surface area contributed by atoms with Crippen molar-refractivity contribution in [2.75, 3.05) is 24.6 Å². The predicted molar refractivity (Wildman–Crippen MR) is 84.9 cm³/mol. The second-order valence-electron chi connectivity index (χ2n) is 4.24. The van der Waals surface area contributed by atoms with E-state index in [9.17, 15) is 19.3 Å². The van der Waals surface area contributed by atoms with E-state index in [-0.39, 0.29) is 28.1 Å². The Labute approximate surface area is 135 Å². The van der Waals surface area contributed by atoms with E-state index in [2.05, 4.69) is 0 Å². The van der Waals surface area contributed by atoms with Gasteiger partial charge in [-0.2, -0.15) is 0 Å². The van der Waals surface area contributed by atoms with Gasteiger partial charge in [-0.1, -0.05) is 6.92 Å². The van der Waals surface area contributed by atoms with E-state index in [0.29, 0.717) is 13.0 Å². The van der Waals surface area contributed by atoms with Gasteiger partial charge in [0.05, 0.1) is 15.1 Å². The molecular weight excluding hydrogens is 394 g/mol. The molecule has 21 heavy (non-hydrogen) atoms. The maximum Gasteiger partial charge on any atom is 0.325 e. The Morgan fingerprint density at radius 3 is 2.67 bits per heavy atom. The lowest BCUT2D eigenvalue weighted by Crippen LogP contribution is -2.32. The van der Waals surface area contributed by atoms with Crippen molar-refractivity contribution in [3.63, 3.8) is 0 Å². The molecule has 0 aromatic heterocycles. The quantitative estimate of drug-likeness (QED) is 0.299. The monoisotopic (exact) mass is 410 g/mol. The summed E-state index contributed by atoms with van der Waals surface area (Å²) in [5.41, 5.74) is -0.133. The Morgan fingerprint density at radius 2 is 2.14 bits per heavy atom. The van der Waals surface area contributed by atoms with Gasteiger partial charge in [0.1, 0.15) is 18.0 Å². The lowest BCUT2D eigenvalue weighted by Gasteiger charge is -2.23. The topological polar surface area (TPSA) is 72.7 Å². The first-order chi connectivity index (χ1) is 9.90. The molecule has 0 saturated heterocycles. The number of benzene rings is 1. The summed E-state index contributed by atoms with van der Waals surface area (Å²) < 4.78 is 18.7. The van der Waals surface area contributed by atoms with Crippen molar-refractivity contribution in [2.45, 2.75) is 20.3 Å². The van der Waals surface area contributed by atoms with E-state index in [4.69, 9.17) is 4.74 Å². The van der Waals surface area contributed by atoms with Gasteiger partial charge >= 0.3 is 5.97 Å².